The van der Waals surface area contributed by atoms with Crippen molar-refractivity contribution >= 4 is 11.4 Å². The number of ether oxygens (including phenoxy) is 1. The molecule has 18 heavy (non-hydrogen) atoms. The number of anilines is 1. The van der Waals surface area contributed by atoms with Crippen molar-refractivity contribution in [3.05, 3.63) is 34.1 Å². The van der Waals surface area contributed by atoms with Gasteiger partial charge in [0, 0.05) is 19.2 Å². The van der Waals surface area contributed by atoms with Crippen molar-refractivity contribution in [1.82, 2.24) is 0 Å². The summed E-state index contributed by atoms with van der Waals surface area (Å²) in [6, 6.07) is 3.74. The van der Waals surface area contributed by atoms with Crippen molar-refractivity contribution in [2.45, 2.75) is 26.1 Å². The molecule has 2 unspecified atom stereocenters. The molecule has 0 aromatic heterocycles. The molecule has 1 saturated heterocycles. The summed E-state index contributed by atoms with van der Waals surface area (Å²) in [6.07, 6.45) is 0.0340. The van der Waals surface area contributed by atoms with E-state index in [4.69, 9.17) is 4.74 Å². The van der Waals surface area contributed by atoms with Crippen LogP contribution in [0.5, 0.6) is 0 Å². The smallest absolute Gasteiger partial charge is 0.272 e. The van der Waals surface area contributed by atoms with Crippen molar-refractivity contribution in [1.29, 1.82) is 0 Å². The van der Waals surface area contributed by atoms with Crippen LogP contribution in [0.1, 0.15) is 13.8 Å². The molecule has 1 fully saturated rings. The SMILES string of the molecule is CC1CN(c2ccc([N+](=O)[O-])cc2F)CC(C)O1. The van der Waals surface area contributed by atoms with Crippen LogP contribution in [0.25, 0.3) is 0 Å². The van der Waals surface area contributed by atoms with Gasteiger partial charge in [-0.2, -0.15) is 0 Å². The van der Waals surface area contributed by atoms with E-state index in [2.05, 4.69) is 0 Å². The summed E-state index contributed by atoms with van der Waals surface area (Å²) in [5, 5.41) is 10.6. The number of non-ortho nitro benzene ring substituents is 1. The lowest BCUT2D eigenvalue weighted by atomic mass is 10.2. The Hall–Kier alpha value is -1.69. The van der Waals surface area contributed by atoms with Gasteiger partial charge in [-0.1, -0.05) is 0 Å². The van der Waals surface area contributed by atoms with Crippen LogP contribution in [0.2, 0.25) is 0 Å². The standard InChI is InChI=1S/C12H15FN2O3/c1-8-6-14(7-9(2)18-8)12-4-3-10(15(16)17)5-11(12)13/h3-5,8-9H,6-7H2,1-2H3. The molecule has 1 aromatic rings. The lowest BCUT2D eigenvalue weighted by molar-refractivity contribution is -0.385. The molecule has 1 aliphatic rings. The van der Waals surface area contributed by atoms with Gasteiger partial charge in [0.05, 0.1) is 28.9 Å². The first-order chi connectivity index (χ1) is 8.47. The van der Waals surface area contributed by atoms with Crippen molar-refractivity contribution in [2.24, 2.45) is 0 Å². The zero-order chi connectivity index (χ0) is 13.3. The summed E-state index contributed by atoms with van der Waals surface area (Å²) < 4.78 is 19.4. The maximum atomic E-state index is 13.9. The van der Waals surface area contributed by atoms with Gasteiger partial charge in [0.15, 0.2) is 5.82 Å². The lowest BCUT2D eigenvalue weighted by Crippen LogP contribution is -2.45. The fourth-order valence-corrected chi connectivity index (χ4v) is 2.24. The highest BCUT2D eigenvalue weighted by molar-refractivity contribution is 5.52. The lowest BCUT2D eigenvalue weighted by Gasteiger charge is -2.36. The minimum Gasteiger partial charge on any atom is -0.372 e. The number of nitrogens with zero attached hydrogens (tertiary/aromatic N) is 2. The van der Waals surface area contributed by atoms with Crippen molar-refractivity contribution in [3.63, 3.8) is 0 Å². The molecule has 5 nitrogen and oxygen atoms in total. The van der Waals surface area contributed by atoms with Crippen molar-refractivity contribution < 1.29 is 14.1 Å². The largest absolute Gasteiger partial charge is 0.372 e. The number of hydrogen-bond donors (Lipinski definition) is 0. The first kappa shape index (κ1) is 12.8. The predicted octanol–water partition coefficient (Wildman–Crippen LogP) is 2.35. The molecule has 6 heteroatoms. The average molecular weight is 254 g/mol. The highest BCUT2D eigenvalue weighted by Crippen LogP contribution is 2.26. The van der Waals surface area contributed by atoms with Crippen LogP contribution in [-0.4, -0.2) is 30.2 Å². The van der Waals surface area contributed by atoms with E-state index in [0.29, 0.717) is 18.8 Å². The van der Waals surface area contributed by atoms with Crippen molar-refractivity contribution in [3.8, 4) is 0 Å². The Labute approximate surface area is 104 Å². The Bertz CT molecular complexity index is 457. The third-order valence-electron chi connectivity index (χ3n) is 2.90. The number of rotatable bonds is 2. The summed E-state index contributed by atoms with van der Waals surface area (Å²) in [7, 11) is 0. The Morgan fingerprint density at radius 1 is 1.39 bits per heavy atom. The van der Waals surface area contributed by atoms with Gasteiger partial charge in [0.2, 0.25) is 0 Å². The molecule has 2 atom stereocenters. The number of nitro groups is 1. The molecule has 1 heterocycles. The number of halogens is 1. The molecule has 0 N–H and O–H groups in total. The fraction of sp³-hybridized carbons (Fsp3) is 0.500. The Morgan fingerprint density at radius 3 is 2.50 bits per heavy atom. The van der Waals surface area contributed by atoms with Gasteiger partial charge in [-0.25, -0.2) is 4.39 Å². The molecule has 1 aromatic carbocycles. The molecule has 0 bridgehead atoms. The second kappa shape index (κ2) is 4.89. The Kier molecular flexibility index (Phi) is 3.47. The van der Waals surface area contributed by atoms with Gasteiger partial charge in [0.25, 0.3) is 5.69 Å². The van der Waals surface area contributed by atoms with Crippen LogP contribution in [0.3, 0.4) is 0 Å². The minimum absolute atomic E-state index is 0.0170. The summed E-state index contributed by atoms with van der Waals surface area (Å²) in [4.78, 5) is 11.8. The first-order valence-electron chi connectivity index (χ1n) is 5.81. The van der Waals surface area contributed by atoms with Crippen LogP contribution in [0.4, 0.5) is 15.8 Å². The van der Waals surface area contributed by atoms with E-state index in [1.165, 1.54) is 12.1 Å². The second-order valence-corrected chi connectivity index (χ2v) is 4.56. The maximum absolute atomic E-state index is 13.9. The summed E-state index contributed by atoms with van der Waals surface area (Å²) >= 11 is 0. The molecule has 98 valence electrons. The van der Waals surface area contributed by atoms with Crippen LogP contribution < -0.4 is 4.90 Å². The average Bonchev–Trinajstić information content (AvgIpc) is 2.27. The predicted molar refractivity (Wildman–Crippen MR) is 65.3 cm³/mol. The van der Waals surface area contributed by atoms with Gasteiger partial charge < -0.3 is 9.64 Å². The molecule has 1 aliphatic heterocycles. The van der Waals surface area contributed by atoms with E-state index in [1.54, 1.807) is 0 Å². The Balaban J connectivity index is 2.25. The summed E-state index contributed by atoms with van der Waals surface area (Å²) in [6.45, 7) is 5.01. The maximum Gasteiger partial charge on any atom is 0.272 e. The van der Waals surface area contributed by atoms with E-state index in [-0.39, 0.29) is 17.9 Å². The highest BCUT2D eigenvalue weighted by Gasteiger charge is 2.25. The van der Waals surface area contributed by atoms with Crippen LogP contribution in [0.15, 0.2) is 18.2 Å². The normalized spacial score (nSPS) is 24.1. The quantitative estimate of drug-likeness (QED) is 0.600. The number of benzene rings is 1. The second-order valence-electron chi connectivity index (χ2n) is 4.56. The van der Waals surface area contributed by atoms with Crippen molar-refractivity contribution in [2.75, 3.05) is 18.0 Å². The van der Waals surface area contributed by atoms with Gasteiger partial charge in [-0.05, 0) is 19.9 Å². The van der Waals surface area contributed by atoms with Crippen LogP contribution in [0, 0.1) is 15.9 Å². The molecular formula is C12H15FN2O3. The van der Waals surface area contributed by atoms with Crippen LogP contribution in [-0.2, 0) is 4.74 Å². The molecular weight excluding hydrogens is 239 g/mol. The van der Waals surface area contributed by atoms with Crippen LogP contribution >= 0.6 is 0 Å². The van der Waals surface area contributed by atoms with E-state index >= 15 is 0 Å². The first-order valence-corrected chi connectivity index (χ1v) is 5.81. The van der Waals surface area contributed by atoms with Gasteiger partial charge in [-0.15, -0.1) is 0 Å². The number of nitro benzene ring substituents is 1. The summed E-state index contributed by atoms with van der Waals surface area (Å²) in [5.74, 6) is -0.564. The molecule has 0 amide bonds. The molecule has 0 aliphatic carbocycles. The molecule has 0 saturated carbocycles. The molecule has 0 spiro atoms. The van der Waals surface area contributed by atoms with E-state index in [1.807, 2.05) is 18.7 Å². The van der Waals surface area contributed by atoms with E-state index in [9.17, 15) is 14.5 Å². The van der Waals surface area contributed by atoms with Gasteiger partial charge in [0.1, 0.15) is 0 Å². The zero-order valence-corrected chi connectivity index (χ0v) is 10.3. The van der Waals surface area contributed by atoms with Gasteiger partial charge >= 0.3 is 0 Å². The molecule has 0 radical (unpaired) electrons. The summed E-state index contributed by atoms with van der Waals surface area (Å²) in [5.41, 5.74) is 0.160. The molecule has 2 rings (SSSR count). The fourth-order valence-electron chi connectivity index (χ4n) is 2.24. The topological polar surface area (TPSA) is 55.6 Å². The number of hydrogen-bond acceptors (Lipinski definition) is 4. The third-order valence-corrected chi connectivity index (χ3v) is 2.90. The number of morpholine rings is 1. The van der Waals surface area contributed by atoms with E-state index in [0.717, 1.165) is 6.07 Å². The highest BCUT2D eigenvalue weighted by atomic mass is 19.1. The minimum atomic E-state index is -0.600. The Morgan fingerprint density at radius 2 is 2.00 bits per heavy atom. The van der Waals surface area contributed by atoms with E-state index < -0.39 is 10.7 Å². The van der Waals surface area contributed by atoms with Gasteiger partial charge in [-0.3, -0.25) is 10.1 Å². The monoisotopic (exact) mass is 254 g/mol. The zero-order valence-electron chi connectivity index (χ0n) is 10.3. The third kappa shape index (κ3) is 2.59.